The summed E-state index contributed by atoms with van der Waals surface area (Å²) in [7, 11) is 0. The van der Waals surface area contributed by atoms with Gasteiger partial charge < -0.3 is 4.74 Å². The molecule has 0 saturated carbocycles. The molecule has 1 rings (SSSR count). The Kier molecular flexibility index (Phi) is 4.15. The molecule has 0 aliphatic rings. The highest BCUT2D eigenvalue weighted by molar-refractivity contribution is 5.78. The third-order valence-electron chi connectivity index (χ3n) is 2.37. The summed E-state index contributed by atoms with van der Waals surface area (Å²) in [5.41, 5.74) is -0.848. The van der Waals surface area contributed by atoms with E-state index in [2.05, 4.69) is 0 Å². The predicted octanol–water partition coefficient (Wildman–Crippen LogP) is 3.37. The van der Waals surface area contributed by atoms with Gasteiger partial charge in [-0.2, -0.15) is 13.2 Å². The van der Waals surface area contributed by atoms with Crippen LogP contribution in [0.3, 0.4) is 0 Å². The van der Waals surface area contributed by atoms with Crippen molar-refractivity contribution < 1.29 is 22.7 Å². The van der Waals surface area contributed by atoms with Crippen LogP contribution in [0.15, 0.2) is 24.3 Å². The fraction of sp³-hybridized carbons (Fsp3) is 0.417. The second-order valence-corrected chi connectivity index (χ2v) is 3.56. The molecule has 5 heteroatoms. The molecule has 0 heterocycles. The van der Waals surface area contributed by atoms with Gasteiger partial charge in [0, 0.05) is 0 Å². The van der Waals surface area contributed by atoms with E-state index in [9.17, 15) is 18.0 Å². The summed E-state index contributed by atoms with van der Waals surface area (Å²) < 4.78 is 42.8. The molecule has 17 heavy (non-hydrogen) atoms. The van der Waals surface area contributed by atoms with Crippen molar-refractivity contribution in [3.05, 3.63) is 35.4 Å². The molecule has 0 N–H and O–H groups in total. The number of esters is 1. The fourth-order valence-electron chi connectivity index (χ4n) is 1.53. The minimum atomic E-state index is -4.46. The maximum Gasteiger partial charge on any atom is 0.416 e. The summed E-state index contributed by atoms with van der Waals surface area (Å²) in [5, 5.41) is 0. The Morgan fingerprint density at radius 3 is 2.47 bits per heavy atom. The lowest BCUT2D eigenvalue weighted by molar-refractivity contribution is -0.145. The number of hydrogen-bond donors (Lipinski definition) is 0. The van der Waals surface area contributed by atoms with Crippen LogP contribution < -0.4 is 0 Å². The van der Waals surface area contributed by atoms with Crippen molar-refractivity contribution >= 4 is 5.97 Å². The van der Waals surface area contributed by atoms with E-state index in [1.54, 1.807) is 6.92 Å². The van der Waals surface area contributed by atoms with E-state index in [0.29, 0.717) is 0 Å². The van der Waals surface area contributed by atoms with E-state index in [0.717, 1.165) is 6.07 Å². The van der Waals surface area contributed by atoms with Gasteiger partial charge in [0.05, 0.1) is 18.1 Å². The molecule has 0 spiro atoms. The summed E-state index contributed by atoms with van der Waals surface area (Å²) in [6, 6.07) is 5.03. The molecule has 0 bridgehead atoms. The van der Waals surface area contributed by atoms with Gasteiger partial charge in [-0.15, -0.1) is 0 Å². The van der Waals surface area contributed by atoms with E-state index in [4.69, 9.17) is 4.74 Å². The number of hydrogen-bond acceptors (Lipinski definition) is 2. The maximum atomic E-state index is 12.7. The van der Waals surface area contributed by atoms with Crippen molar-refractivity contribution in [1.82, 2.24) is 0 Å². The third-order valence-corrected chi connectivity index (χ3v) is 2.37. The van der Waals surface area contributed by atoms with E-state index in [1.165, 1.54) is 25.1 Å². The Labute approximate surface area is 97.4 Å². The average Bonchev–Trinajstić information content (AvgIpc) is 2.27. The number of ether oxygens (including phenoxy) is 1. The van der Waals surface area contributed by atoms with Crippen molar-refractivity contribution in [3.8, 4) is 0 Å². The molecule has 0 saturated heterocycles. The molecule has 2 nitrogen and oxygen atoms in total. The average molecular weight is 246 g/mol. The van der Waals surface area contributed by atoms with Crippen LogP contribution in [0.4, 0.5) is 13.2 Å². The summed E-state index contributed by atoms with van der Waals surface area (Å²) in [5.74, 6) is -1.57. The third kappa shape index (κ3) is 3.22. The summed E-state index contributed by atoms with van der Waals surface area (Å²) in [4.78, 5) is 11.4. The molecule has 1 unspecified atom stereocenters. The monoisotopic (exact) mass is 246 g/mol. The Bertz CT molecular complexity index is 399. The summed E-state index contributed by atoms with van der Waals surface area (Å²) in [6.07, 6.45) is -4.46. The minimum absolute atomic E-state index is 0.0570. The van der Waals surface area contributed by atoms with E-state index in [1.807, 2.05) is 0 Å². The van der Waals surface area contributed by atoms with Crippen LogP contribution in [0.2, 0.25) is 0 Å². The standard InChI is InChI=1S/C12H13F3O2/c1-3-17-11(16)8(2)9-6-4-5-7-10(9)12(13,14)15/h4-8H,3H2,1-2H3. The van der Waals surface area contributed by atoms with Crippen LogP contribution in [0, 0.1) is 0 Å². The van der Waals surface area contributed by atoms with Gasteiger partial charge in [-0.25, -0.2) is 0 Å². The first-order chi connectivity index (χ1) is 7.88. The fourth-order valence-corrected chi connectivity index (χ4v) is 1.53. The van der Waals surface area contributed by atoms with Gasteiger partial charge in [-0.3, -0.25) is 4.79 Å². The minimum Gasteiger partial charge on any atom is -0.466 e. The Hall–Kier alpha value is -1.52. The highest BCUT2D eigenvalue weighted by atomic mass is 19.4. The van der Waals surface area contributed by atoms with E-state index in [-0.39, 0.29) is 12.2 Å². The Balaban J connectivity index is 3.09. The summed E-state index contributed by atoms with van der Waals surface area (Å²) >= 11 is 0. The van der Waals surface area contributed by atoms with Gasteiger partial charge in [0.1, 0.15) is 0 Å². The first-order valence-corrected chi connectivity index (χ1v) is 5.20. The van der Waals surface area contributed by atoms with Gasteiger partial charge in [0.2, 0.25) is 0 Å². The van der Waals surface area contributed by atoms with E-state index >= 15 is 0 Å². The van der Waals surface area contributed by atoms with Gasteiger partial charge in [0.15, 0.2) is 0 Å². The SMILES string of the molecule is CCOC(=O)C(C)c1ccccc1C(F)(F)F. The molecule has 0 radical (unpaired) electrons. The van der Waals surface area contributed by atoms with Crippen molar-refractivity contribution in [2.24, 2.45) is 0 Å². The van der Waals surface area contributed by atoms with Crippen LogP contribution >= 0.6 is 0 Å². The van der Waals surface area contributed by atoms with Crippen molar-refractivity contribution in [2.45, 2.75) is 25.9 Å². The molecule has 1 aromatic rings. The lowest BCUT2D eigenvalue weighted by Crippen LogP contribution is -2.18. The van der Waals surface area contributed by atoms with Gasteiger partial charge in [0.25, 0.3) is 0 Å². The van der Waals surface area contributed by atoms with Gasteiger partial charge in [-0.1, -0.05) is 18.2 Å². The second kappa shape index (κ2) is 5.21. The maximum absolute atomic E-state index is 12.7. The first-order valence-electron chi connectivity index (χ1n) is 5.20. The van der Waals surface area contributed by atoms with Crippen LogP contribution in [0.25, 0.3) is 0 Å². The molecular weight excluding hydrogens is 233 g/mol. The molecule has 0 aromatic heterocycles. The van der Waals surface area contributed by atoms with E-state index < -0.39 is 23.6 Å². The number of alkyl halides is 3. The number of carbonyl (C=O) groups is 1. The smallest absolute Gasteiger partial charge is 0.416 e. The molecule has 94 valence electrons. The quantitative estimate of drug-likeness (QED) is 0.764. The van der Waals surface area contributed by atoms with Crippen LogP contribution in [0.1, 0.15) is 30.9 Å². The zero-order valence-electron chi connectivity index (χ0n) is 9.54. The van der Waals surface area contributed by atoms with Crippen LogP contribution in [0.5, 0.6) is 0 Å². The highest BCUT2D eigenvalue weighted by Gasteiger charge is 2.35. The lowest BCUT2D eigenvalue weighted by atomic mass is 9.95. The normalized spacial score (nSPS) is 13.2. The number of benzene rings is 1. The van der Waals surface area contributed by atoms with Crippen LogP contribution in [-0.2, 0) is 15.7 Å². The zero-order valence-corrected chi connectivity index (χ0v) is 9.54. The largest absolute Gasteiger partial charge is 0.466 e. The van der Waals surface area contributed by atoms with Crippen molar-refractivity contribution in [2.75, 3.05) is 6.61 Å². The zero-order chi connectivity index (χ0) is 13.1. The summed E-state index contributed by atoms with van der Waals surface area (Å²) in [6.45, 7) is 3.17. The second-order valence-electron chi connectivity index (χ2n) is 3.56. The molecule has 0 aliphatic carbocycles. The molecular formula is C12H13F3O2. The van der Waals surface area contributed by atoms with Gasteiger partial charge in [-0.05, 0) is 25.5 Å². The number of halogens is 3. The molecule has 0 amide bonds. The molecule has 1 atom stereocenters. The number of carbonyl (C=O) groups excluding carboxylic acids is 1. The molecule has 1 aromatic carbocycles. The predicted molar refractivity (Wildman–Crippen MR) is 56.5 cm³/mol. The van der Waals surface area contributed by atoms with Crippen LogP contribution in [-0.4, -0.2) is 12.6 Å². The lowest BCUT2D eigenvalue weighted by Gasteiger charge is -2.16. The van der Waals surface area contributed by atoms with Gasteiger partial charge >= 0.3 is 12.1 Å². The first kappa shape index (κ1) is 13.5. The topological polar surface area (TPSA) is 26.3 Å². The Morgan fingerprint density at radius 1 is 1.35 bits per heavy atom. The molecule has 0 aliphatic heterocycles. The van der Waals surface area contributed by atoms with Crippen molar-refractivity contribution in [3.63, 3.8) is 0 Å². The molecule has 0 fully saturated rings. The highest BCUT2D eigenvalue weighted by Crippen LogP contribution is 2.35. The van der Waals surface area contributed by atoms with Crippen molar-refractivity contribution in [1.29, 1.82) is 0 Å². The Morgan fingerprint density at radius 2 is 1.94 bits per heavy atom. The number of rotatable bonds is 3.